The highest BCUT2D eigenvalue weighted by Gasteiger charge is 2.44. The van der Waals surface area contributed by atoms with E-state index in [9.17, 15) is 24.5 Å². The van der Waals surface area contributed by atoms with Gasteiger partial charge >= 0.3 is 5.97 Å². The summed E-state index contributed by atoms with van der Waals surface area (Å²) in [5, 5.41) is 13.7. The van der Waals surface area contributed by atoms with Gasteiger partial charge in [-0.1, -0.05) is 36.2 Å². The minimum Gasteiger partial charge on any atom is -0.456 e. The molecule has 1 fully saturated rings. The summed E-state index contributed by atoms with van der Waals surface area (Å²) in [6, 6.07) is 4.69. The van der Waals surface area contributed by atoms with Crippen molar-refractivity contribution in [3.63, 3.8) is 0 Å². The average Bonchev–Trinajstić information content (AvgIpc) is 2.83. The van der Waals surface area contributed by atoms with Gasteiger partial charge in [-0.15, -0.1) is 0 Å². The molecule has 0 heterocycles. The number of ketones is 1. The largest absolute Gasteiger partial charge is 0.456 e. The molecule has 0 saturated heterocycles. The Morgan fingerprint density at radius 1 is 1.37 bits per heavy atom. The number of rotatable bonds is 7. The molecule has 1 aliphatic rings. The van der Waals surface area contributed by atoms with Crippen LogP contribution in [0.5, 0.6) is 0 Å². The first kappa shape index (κ1) is 21.1. The number of ether oxygens (including phenoxy) is 1. The van der Waals surface area contributed by atoms with Crippen molar-refractivity contribution >= 4 is 46.5 Å². The molecule has 10 heteroatoms. The van der Waals surface area contributed by atoms with E-state index in [0.29, 0.717) is 0 Å². The van der Waals surface area contributed by atoms with Gasteiger partial charge in [-0.2, -0.15) is 0 Å². The molecule has 8 nitrogen and oxygen atoms in total. The summed E-state index contributed by atoms with van der Waals surface area (Å²) >= 11 is 11.8. The van der Waals surface area contributed by atoms with Gasteiger partial charge in [-0.3, -0.25) is 24.5 Å². The molecule has 1 amide bonds. The van der Waals surface area contributed by atoms with E-state index in [2.05, 4.69) is 5.32 Å². The van der Waals surface area contributed by atoms with E-state index in [-0.39, 0.29) is 46.8 Å². The lowest BCUT2D eigenvalue weighted by molar-refractivity contribution is -0.490. The minimum atomic E-state index is -0.761. The highest BCUT2D eigenvalue weighted by atomic mass is 35.5. The number of nitrogens with one attached hydrogen (secondary N) is 1. The third-order valence-electron chi connectivity index (χ3n) is 4.52. The predicted molar refractivity (Wildman–Crippen MR) is 98.3 cm³/mol. The lowest BCUT2D eigenvalue weighted by atomic mass is 9.88. The van der Waals surface area contributed by atoms with Gasteiger partial charge in [-0.25, -0.2) is 0 Å². The Balaban J connectivity index is 1.88. The zero-order valence-corrected chi connectivity index (χ0v) is 16.0. The Labute approximate surface area is 165 Å². The van der Waals surface area contributed by atoms with Crippen LogP contribution in [-0.2, 0) is 19.1 Å². The van der Waals surface area contributed by atoms with Crippen LogP contribution in [0.3, 0.4) is 0 Å². The number of carbonyl (C=O) groups excluding carboxylic acids is 3. The molecule has 2 rings (SSSR count). The van der Waals surface area contributed by atoms with Crippen LogP contribution in [0.2, 0.25) is 10.0 Å². The normalized spacial score (nSPS) is 21.7. The lowest BCUT2D eigenvalue weighted by Gasteiger charge is -2.17. The van der Waals surface area contributed by atoms with Crippen LogP contribution < -0.4 is 5.32 Å². The molecule has 0 aromatic heterocycles. The van der Waals surface area contributed by atoms with Crippen LogP contribution in [0.15, 0.2) is 18.2 Å². The Hall–Kier alpha value is -2.19. The summed E-state index contributed by atoms with van der Waals surface area (Å²) in [6.07, 6.45) is -0.0862. The molecule has 1 N–H and O–H groups in total. The van der Waals surface area contributed by atoms with Crippen LogP contribution in [0.4, 0.5) is 5.69 Å². The van der Waals surface area contributed by atoms with Crippen molar-refractivity contribution in [3.05, 3.63) is 38.4 Å². The standard InChI is InChI=1S/C17H18Cl2N2O6/c1-9-5-14(22)10(11(9)7-21(25)26)6-16(24)27-8-15(23)20-13-4-2-3-12(18)17(13)19/h2-4,9-11H,5-8H2,1H3,(H,20,23)/t9-,10+,11+/m0/s1. The topological polar surface area (TPSA) is 116 Å². The number of amides is 1. The van der Waals surface area contributed by atoms with Gasteiger partial charge < -0.3 is 10.1 Å². The maximum atomic E-state index is 12.0. The quantitative estimate of drug-likeness (QED) is 0.414. The lowest BCUT2D eigenvalue weighted by Crippen LogP contribution is -2.28. The smallest absolute Gasteiger partial charge is 0.307 e. The predicted octanol–water partition coefficient (Wildman–Crippen LogP) is 2.98. The molecule has 3 atom stereocenters. The zero-order chi connectivity index (χ0) is 20.1. The number of anilines is 1. The molecular weight excluding hydrogens is 399 g/mol. The van der Waals surface area contributed by atoms with Crippen molar-refractivity contribution in [3.8, 4) is 0 Å². The Kier molecular flexibility index (Phi) is 7.15. The van der Waals surface area contributed by atoms with Gasteiger partial charge in [-0.05, 0) is 18.1 Å². The molecule has 27 heavy (non-hydrogen) atoms. The van der Waals surface area contributed by atoms with Crippen molar-refractivity contribution in [2.45, 2.75) is 19.8 Å². The number of benzene rings is 1. The van der Waals surface area contributed by atoms with Gasteiger partial charge in [0.15, 0.2) is 6.61 Å². The molecule has 0 bridgehead atoms. The molecule has 0 aliphatic heterocycles. The van der Waals surface area contributed by atoms with E-state index < -0.39 is 35.2 Å². The van der Waals surface area contributed by atoms with Crippen LogP contribution >= 0.6 is 23.2 Å². The van der Waals surface area contributed by atoms with Gasteiger partial charge in [0.25, 0.3) is 5.91 Å². The fourth-order valence-corrected chi connectivity index (χ4v) is 3.52. The number of hydrogen-bond donors (Lipinski definition) is 1. The second-order valence-corrected chi connectivity index (χ2v) is 7.23. The van der Waals surface area contributed by atoms with Crippen molar-refractivity contribution in [1.29, 1.82) is 0 Å². The third-order valence-corrected chi connectivity index (χ3v) is 5.34. The maximum absolute atomic E-state index is 12.0. The monoisotopic (exact) mass is 416 g/mol. The molecule has 1 aliphatic carbocycles. The number of nitro groups is 1. The highest BCUT2D eigenvalue weighted by molar-refractivity contribution is 6.44. The van der Waals surface area contributed by atoms with E-state index in [4.69, 9.17) is 27.9 Å². The fourth-order valence-electron chi connectivity index (χ4n) is 3.17. The molecule has 0 spiro atoms. The molecule has 1 aromatic carbocycles. The second kappa shape index (κ2) is 9.14. The van der Waals surface area contributed by atoms with Gasteiger partial charge in [0, 0.05) is 23.2 Å². The molecule has 0 unspecified atom stereocenters. The van der Waals surface area contributed by atoms with Crippen LogP contribution in [0.1, 0.15) is 19.8 Å². The summed E-state index contributed by atoms with van der Waals surface area (Å²) < 4.78 is 4.90. The van der Waals surface area contributed by atoms with Crippen LogP contribution in [0, 0.1) is 27.9 Å². The summed E-state index contributed by atoms with van der Waals surface area (Å²) in [6.45, 7) is 0.802. The Morgan fingerprint density at radius 3 is 2.74 bits per heavy atom. The number of carbonyl (C=O) groups is 3. The number of Topliss-reactive ketones (excluding diaryl/α,β-unsaturated/α-hetero) is 1. The van der Waals surface area contributed by atoms with Gasteiger partial charge in [0.05, 0.1) is 22.2 Å². The number of hydrogen-bond acceptors (Lipinski definition) is 6. The minimum absolute atomic E-state index is 0.159. The van der Waals surface area contributed by atoms with Crippen molar-refractivity contribution in [1.82, 2.24) is 0 Å². The van der Waals surface area contributed by atoms with E-state index in [0.717, 1.165) is 0 Å². The third kappa shape index (κ3) is 5.64. The first-order valence-electron chi connectivity index (χ1n) is 8.23. The first-order valence-corrected chi connectivity index (χ1v) is 8.98. The van der Waals surface area contributed by atoms with Crippen molar-refractivity contribution in [2.24, 2.45) is 17.8 Å². The molecule has 146 valence electrons. The molecular formula is C17H18Cl2N2O6. The van der Waals surface area contributed by atoms with Crippen LogP contribution in [0.25, 0.3) is 0 Å². The van der Waals surface area contributed by atoms with E-state index in [1.807, 2.05) is 0 Å². The van der Waals surface area contributed by atoms with Gasteiger partial charge in [0.1, 0.15) is 5.78 Å². The van der Waals surface area contributed by atoms with Crippen molar-refractivity contribution in [2.75, 3.05) is 18.5 Å². The maximum Gasteiger partial charge on any atom is 0.307 e. The van der Waals surface area contributed by atoms with E-state index in [1.54, 1.807) is 19.1 Å². The molecule has 1 saturated carbocycles. The van der Waals surface area contributed by atoms with Gasteiger partial charge in [0.2, 0.25) is 6.54 Å². The Morgan fingerprint density at radius 2 is 2.07 bits per heavy atom. The van der Waals surface area contributed by atoms with E-state index >= 15 is 0 Å². The SMILES string of the molecule is C[C@H]1CC(=O)[C@H](CC(=O)OCC(=O)Nc2cccc(Cl)c2Cl)[C@@H]1C[N+](=O)[O-]. The van der Waals surface area contributed by atoms with Crippen LogP contribution in [-0.4, -0.2) is 35.7 Å². The molecule has 1 aromatic rings. The average molecular weight is 417 g/mol. The number of nitrogens with zero attached hydrogens (tertiary/aromatic N) is 1. The number of esters is 1. The summed E-state index contributed by atoms with van der Waals surface area (Å²) in [5.41, 5.74) is 0.274. The summed E-state index contributed by atoms with van der Waals surface area (Å²) in [7, 11) is 0. The van der Waals surface area contributed by atoms with Crippen molar-refractivity contribution < 1.29 is 24.0 Å². The second-order valence-electron chi connectivity index (χ2n) is 6.45. The highest BCUT2D eigenvalue weighted by Crippen LogP contribution is 2.36. The summed E-state index contributed by atoms with van der Waals surface area (Å²) in [4.78, 5) is 46.2. The summed E-state index contributed by atoms with van der Waals surface area (Å²) in [5.74, 6) is -3.03. The fraction of sp³-hybridized carbons (Fsp3) is 0.471. The van der Waals surface area contributed by atoms with E-state index in [1.165, 1.54) is 6.07 Å². The zero-order valence-electron chi connectivity index (χ0n) is 14.4. The number of halogens is 2. The first-order chi connectivity index (χ1) is 12.7. The Bertz CT molecular complexity index is 770. The molecule has 0 radical (unpaired) electrons.